The number of aliphatic hydroxyl groups is 1. The summed E-state index contributed by atoms with van der Waals surface area (Å²) < 4.78 is 5.81. The molecule has 1 saturated heterocycles. The molecule has 2 atom stereocenters. The number of carbonyl (C=O) groups is 1. The van der Waals surface area contributed by atoms with Gasteiger partial charge in [-0.25, -0.2) is 4.79 Å². The molecule has 2 amide bonds. The first kappa shape index (κ1) is 17.6. The summed E-state index contributed by atoms with van der Waals surface area (Å²) in [4.78, 5) is 14.2. The van der Waals surface area contributed by atoms with Crippen LogP contribution in [0, 0.1) is 6.92 Å². The molecule has 1 aromatic rings. The number of likely N-dealkylation sites (tertiary alicyclic amines) is 1. The number of hydrogen-bond acceptors (Lipinski definition) is 3. The summed E-state index contributed by atoms with van der Waals surface area (Å²) in [5.74, 6) is 0.813. The number of nitrogens with one attached hydrogen (secondary N) is 1. The van der Waals surface area contributed by atoms with Crippen LogP contribution in [0.1, 0.15) is 38.2 Å². The molecule has 5 heteroatoms. The topological polar surface area (TPSA) is 61.8 Å². The first-order valence-electron chi connectivity index (χ1n) is 8.49. The lowest BCUT2D eigenvalue weighted by Gasteiger charge is -2.35. The third-order valence-corrected chi connectivity index (χ3v) is 4.25. The van der Waals surface area contributed by atoms with Gasteiger partial charge in [0.25, 0.3) is 0 Å². The molecule has 2 rings (SSSR count). The lowest BCUT2D eigenvalue weighted by atomic mass is 10.0. The Morgan fingerprint density at radius 3 is 2.83 bits per heavy atom. The van der Waals surface area contributed by atoms with Crippen molar-refractivity contribution >= 4 is 6.03 Å². The van der Waals surface area contributed by atoms with E-state index in [4.69, 9.17) is 9.84 Å². The molecule has 1 aliphatic rings. The summed E-state index contributed by atoms with van der Waals surface area (Å²) >= 11 is 0. The van der Waals surface area contributed by atoms with Crippen LogP contribution >= 0.6 is 0 Å². The highest BCUT2D eigenvalue weighted by molar-refractivity contribution is 5.74. The molecule has 23 heavy (non-hydrogen) atoms. The van der Waals surface area contributed by atoms with Gasteiger partial charge in [-0.15, -0.1) is 0 Å². The maximum atomic E-state index is 12.4. The number of aryl methyl sites for hydroxylation is 1. The quantitative estimate of drug-likeness (QED) is 0.847. The van der Waals surface area contributed by atoms with Crippen molar-refractivity contribution in [2.24, 2.45) is 0 Å². The van der Waals surface area contributed by atoms with Crippen LogP contribution in [0.25, 0.3) is 0 Å². The van der Waals surface area contributed by atoms with Crippen molar-refractivity contribution in [2.45, 2.75) is 51.7 Å². The largest absolute Gasteiger partial charge is 0.489 e. The molecule has 5 nitrogen and oxygen atoms in total. The van der Waals surface area contributed by atoms with E-state index in [9.17, 15) is 4.79 Å². The molecule has 2 unspecified atom stereocenters. The summed E-state index contributed by atoms with van der Waals surface area (Å²) in [6.45, 7) is 5.34. The van der Waals surface area contributed by atoms with Gasteiger partial charge in [-0.1, -0.05) is 17.7 Å². The van der Waals surface area contributed by atoms with Crippen molar-refractivity contribution in [3.05, 3.63) is 29.8 Å². The first-order chi connectivity index (χ1) is 11.1. The lowest BCUT2D eigenvalue weighted by molar-refractivity contribution is 0.127. The van der Waals surface area contributed by atoms with E-state index in [2.05, 4.69) is 5.32 Å². The van der Waals surface area contributed by atoms with Gasteiger partial charge in [0.1, 0.15) is 11.9 Å². The van der Waals surface area contributed by atoms with Crippen LogP contribution in [0.4, 0.5) is 4.79 Å². The van der Waals surface area contributed by atoms with Gasteiger partial charge in [0, 0.05) is 19.2 Å². The minimum atomic E-state index is -0.0947. The Morgan fingerprint density at radius 1 is 1.39 bits per heavy atom. The second-order valence-corrected chi connectivity index (χ2v) is 6.28. The molecule has 2 N–H and O–H groups in total. The monoisotopic (exact) mass is 320 g/mol. The minimum Gasteiger partial charge on any atom is -0.489 e. The van der Waals surface area contributed by atoms with E-state index < -0.39 is 0 Å². The highest BCUT2D eigenvalue weighted by Crippen LogP contribution is 2.19. The highest BCUT2D eigenvalue weighted by atomic mass is 16.5. The summed E-state index contributed by atoms with van der Waals surface area (Å²) in [6.07, 6.45) is 3.70. The smallest absolute Gasteiger partial charge is 0.317 e. The molecular formula is C18H28N2O3. The van der Waals surface area contributed by atoms with Crippen LogP contribution in [-0.2, 0) is 0 Å². The Kier molecular flexibility index (Phi) is 6.71. The third kappa shape index (κ3) is 5.43. The Bertz CT molecular complexity index is 488. The molecule has 0 radical (unpaired) electrons. The molecular weight excluding hydrogens is 292 g/mol. The van der Waals surface area contributed by atoms with Crippen molar-refractivity contribution < 1.29 is 14.6 Å². The maximum absolute atomic E-state index is 12.4. The maximum Gasteiger partial charge on any atom is 0.317 e. The second kappa shape index (κ2) is 8.77. The average Bonchev–Trinajstić information content (AvgIpc) is 2.56. The Balaban J connectivity index is 1.79. The van der Waals surface area contributed by atoms with Gasteiger partial charge >= 0.3 is 6.03 Å². The highest BCUT2D eigenvalue weighted by Gasteiger charge is 2.26. The molecule has 0 aromatic heterocycles. The van der Waals surface area contributed by atoms with E-state index in [1.807, 2.05) is 43.0 Å². The molecule has 0 bridgehead atoms. The normalized spacial score (nSPS) is 19.3. The van der Waals surface area contributed by atoms with Crippen LogP contribution < -0.4 is 10.1 Å². The summed E-state index contributed by atoms with van der Waals surface area (Å²) in [6, 6.07) is 8.00. The van der Waals surface area contributed by atoms with Gasteiger partial charge in [0.2, 0.25) is 0 Å². The van der Waals surface area contributed by atoms with Gasteiger partial charge < -0.3 is 20.1 Å². The number of hydrogen-bond donors (Lipinski definition) is 2. The van der Waals surface area contributed by atoms with Gasteiger partial charge in [-0.3, -0.25) is 0 Å². The Hall–Kier alpha value is -1.75. The molecule has 1 aromatic carbocycles. The zero-order chi connectivity index (χ0) is 16.7. The predicted molar refractivity (Wildman–Crippen MR) is 90.7 cm³/mol. The van der Waals surface area contributed by atoms with Crippen LogP contribution in [-0.4, -0.2) is 47.9 Å². The van der Waals surface area contributed by atoms with E-state index in [1.54, 1.807) is 0 Å². The fraction of sp³-hybridized carbons (Fsp3) is 0.611. The summed E-state index contributed by atoms with van der Waals surface area (Å²) in [5, 5.41) is 12.1. The van der Waals surface area contributed by atoms with E-state index in [0.29, 0.717) is 13.0 Å². The summed E-state index contributed by atoms with van der Waals surface area (Å²) in [7, 11) is 0. The number of carbonyl (C=O) groups excluding carboxylic acids is 1. The molecule has 1 heterocycles. The van der Waals surface area contributed by atoms with Crippen molar-refractivity contribution in [3.63, 3.8) is 0 Å². The second-order valence-electron chi connectivity index (χ2n) is 6.28. The molecule has 0 spiro atoms. The predicted octanol–water partition coefficient (Wildman–Crippen LogP) is 2.71. The number of piperidine rings is 1. The number of ether oxygens (including phenoxy) is 1. The SMILES string of the molecule is Cc1ccc(OC(C)CNC(=O)N2CCCCC2CCO)cc1. The van der Waals surface area contributed by atoms with Crippen molar-refractivity contribution in [2.75, 3.05) is 19.7 Å². The fourth-order valence-electron chi connectivity index (χ4n) is 2.94. The molecule has 1 fully saturated rings. The van der Waals surface area contributed by atoms with Crippen molar-refractivity contribution in [1.29, 1.82) is 0 Å². The Morgan fingerprint density at radius 2 is 2.13 bits per heavy atom. The molecule has 0 saturated carbocycles. The van der Waals surface area contributed by atoms with Gasteiger partial charge in [0.05, 0.1) is 6.54 Å². The molecule has 1 aliphatic heterocycles. The zero-order valence-electron chi connectivity index (χ0n) is 14.1. The fourth-order valence-corrected chi connectivity index (χ4v) is 2.94. The number of urea groups is 1. The van der Waals surface area contributed by atoms with Crippen LogP contribution in [0.15, 0.2) is 24.3 Å². The minimum absolute atomic E-state index is 0.0532. The number of benzene rings is 1. The summed E-state index contributed by atoms with van der Waals surface area (Å²) in [5.41, 5.74) is 1.19. The van der Waals surface area contributed by atoms with Gasteiger partial charge in [0.15, 0.2) is 0 Å². The van der Waals surface area contributed by atoms with E-state index in [1.165, 1.54) is 5.56 Å². The van der Waals surface area contributed by atoms with Gasteiger partial charge in [-0.05, 0) is 51.7 Å². The van der Waals surface area contributed by atoms with Crippen LogP contribution in [0.3, 0.4) is 0 Å². The molecule has 128 valence electrons. The van der Waals surface area contributed by atoms with Crippen molar-refractivity contribution in [1.82, 2.24) is 10.2 Å². The third-order valence-electron chi connectivity index (χ3n) is 4.25. The zero-order valence-corrected chi connectivity index (χ0v) is 14.1. The van der Waals surface area contributed by atoms with Crippen LogP contribution in [0.2, 0.25) is 0 Å². The first-order valence-corrected chi connectivity index (χ1v) is 8.49. The van der Waals surface area contributed by atoms with Crippen LogP contribution in [0.5, 0.6) is 5.75 Å². The lowest BCUT2D eigenvalue weighted by Crippen LogP contribution is -2.50. The van der Waals surface area contributed by atoms with Crippen molar-refractivity contribution in [3.8, 4) is 5.75 Å². The molecule has 0 aliphatic carbocycles. The number of aliphatic hydroxyl groups excluding tert-OH is 1. The van der Waals surface area contributed by atoms with E-state index in [-0.39, 0.29) is 24.8 Å². The van der Waals surface area contributed by atoms with Gasteiger partial charge in [-0.2, -0.15) is 0 Å². The number of nitrogens with zero attached hydrogens (tertiary/aromatic N) is 1. The standard InChI is InChI=1S/C18H28N2O3/c1-14-6-8-17(9-7-14)23-15(2)13-19-18(22)20-11-4-3-5-16(20)10-12-21/h6-9,15-16,21H,3-5,10-13H2,1-2H3,(H,19,22). The number of amides is 2. The average molecular weight is 320 g/mol. The van der Waals surface area contributed by atoms with E-state index >= 15 is 0 Å². The van der Waals surface area contributed by atoms with E-state index in [0.717, 1.165) is 31.6 Å². The Labute approximate surface area is 138 Å². The number of rotatable bonds is 6.